The van der Waals surface area contributed by atoms with Gasteiger partial charge < -0.3 is 4.74 Å². The first-order valence-corrected chi connectivity index (χ1v) is 8.09. The van der Waals surface area contributed by atoms with Crippen LogP contribution in [-0.4, -0.2) is 40.6 Å². The van der Waals surface area contributed by atoms with Crippen molar-refractivity contribution < 1.29 is 18.7 Å². The van der Waals surface area contributed by atoms with Crippen LogP contribution in [0.15, 0.2) is 54.6 Å². The molecule has 0 fully saturated rings. The number of ether oxygens (including phenoxy) is 1. The largest absolute Gasteiger partial charge is 0.464 e. The summed E-state index contributed by atoms with van der Waals surface area (Å²) in [5.74, 6) is -3.66. The molecule has 0 bridgehead atoms. The van der Waals surface area contributed by atoms with E-state index in [0.717, 1.165) is 4.90 Å². The fourth-order valence-corrected chi connectivity index (χ4v) is 2.77. The van der Waals surface area contributed by atoms with E-state index in [0.29, 0.717) is 0 Å². The number of carbonyl (C=O) groups excluding carboxylic acids is 2. The zero-order valence-electron chi connectivity index (χ0n) is 13.5. The summed E-state index contributed by atoms with van der Waals surface area (Å²) >= 11 is 6.12. The predicted octanol–water partition coefficient (Wildman–Crippen LogP) is 3.48. The molecule has 1 aliphatic rings. The first kappa shape index (κ1) is 18.2. The van der Waals surface area contributed by atoms with Crippen LogP contribution in [0.2, 0.25) is 0 Å². The second-order valence-electron chi connectivity index (χ2n) is 5.34. The Morgan fingerprint density at radius 1 is 1.33 bits per heavy atom. The van der Waals surface area contributed by atoms with Crippen molar-refractivity contribution >= 4 is 23.5 Å². The summed E-state index contributed by atoms with van der Waals surface area (Å²) in [6, 6.07) is 7.05. The molecule has 2 rings (SSSR count). The van der Waals surface area contributed by atoms with E-state index in [1.54, 1.807) is 43.3 Å². The summed E-state index contributed by atoms with van der Waals surface area (Å²) in [5.41, 5.74) is 0.262. The lowest BCUT2D eigenvalue weighted by Crippen LogP contribution is -2.59. The molecule has 1 aromatic rings. The first-order valence-electron chi connectivity index (χ1n) is 7.66. The van der Waals surface area contributed by atoms with E-state index < -0.39 is 29.1 Å². The van der Waals surface area contributed by atoms with Gasteiger partial charge in [-0.05, 0) is 32.1 Å². The molecule has 4 nitrogen and oxygen atoms in total. The fourth-order valence-electron chi connectivity index (χ4n) is 2.51. The summed E-state index contributed by atoms with van der Waals surface area (Å²) in [4.78, 5) is 25.9. The van der Waals surface area contributed by atoms with Gasteiger partial charge >= 0.3 is 5.97 Å². The molecule has 1 aliphatic carbocycles. The summed E-state index contributed by atoms with van der Waals surface area (Å²) in [6.07, 6.45) is 5.67. The second kappa shape index (κ2) is 7.62. The topological polar surface area (TPSA) is 46.6 Å². The molecule has 128 valence electrons. The molecule has 0 spiro atoms. The van der Waals surface area contributed by atoms with Crippen LogP contribution in [0.1, 0.15) is 24.2 Å². The highest BCUT2D eigenvalue weighted by Crippen LogP contribution is 2.34. The maximum atomic E-state index is 15.6. The molecule has 0 aromatic heterocycles. The van der Waals surface area contributed by atoms with Crippen LogP contribution in [0.4, 0.5) is 4.39 Å². The third-order valence-electron chi connectivity index (χ3n) is 3.73. The van der Waals surface area contributed by atoms with Crippen molar-refractivity contribution in [2.75, 3.05) is 6.61 Å². The van der Waals surface area contributed by atoms with Crippen molar-refractivity contribution in [2.24, 2.45) is 0 Å². The normalized spacial score (nSPS) is 23.6. The van der Waals surface area contributed by atoms with Crippen molar-refractivity contribution in [1.82, 2.24) is 4.90 Å². The van der Waals surface area contributed by atoms with E-state index in [1.807, 2.05) is 0 Å². The Bertz CT molecular complexity index is 661. The molecule has 0 saturated carbocycles. The van der Waals surface area contributed by atoms with Crippen LogP contribution in [0, 0.1) is 0 Å². The van der Waals surface area contributed by atoms with Crippen LogP contribution in [0.5, 0.6) is 0 Å². The van der Waals surface area contributed by atoms with Crippen molar-refractivity contribution in [3.8, 4) is 0 Å². The molecule has 24 heavy (non-hydrogen) atoms. The summed E-state index contributed by atoms with van der Waals surface area (Å²) in [7, 11) is 0. The standard InChI is InChI=1S/C18H19ClFNO3/c1-3-24-17(23)13(2)21(16(22)14-9-5-4-6-10-14)18(20)12-8-7-11-15(18)19/h4-13,15H,3H2,1-2H3. The van der Waals surface area contributed by atoms with Gasteiger partial charge in [0.25, 0.3) is 5.91 Å². The summed E-state index contributed by atoms with van der Waals surface area (Å²) in [5, 5.41) is -1.12. The lowest BCUT2D eigenvalue weighted by Gasteiger charge is -2.41. The lowest BCUT2D eigenvalue weighted by atomic mass is 10.00. The molecule has 6 heteroatoms. The van der Waals surface area contributed by atoms with E-state index in [2.05, 4.69) is 0 Å². The van der Waals surface area contributed by atoms with Gasteiger partial charge in [-0.3, -0.25) is 9.69 Å². The van der Waals surface area contributed by atoms with Crippen LogP contribution in [0.3, 0.4) is 0 Å². The lowest BCUT2D eigenvalue weighted by molar-refractivity contribution is -0.151. The third kappa shape index (κ3) is 3.51. The first-order chi connectivity index (χ1) is 11.4. The molecule has 0 aliphatic heterocycles. The van der Waals surface area contributed by atoms with E-state index in [4.69, 9.17) is 16.3 Å². The Morgan fingerprint density at radius 2 is 2.00 bits per heavy atom. The minimum Gasteiger partial charge on any atom is -0.464 e. The number of hydrogen-bond acceptors (Lipinski definition) is 3. The highest BCUT2D eigenvalue weighted by molar-refractivity contribution is 6.23. The molecule has 0 radical (unpaired) electrons. The zero-order chi connectivity index (χ0) is 17.7. The van der Waals surface area contributed by atoms with E-state index in [9.17, 15) is 9.59 Å². The summed E-state index contributed by atoms with van der Waals surface area (Å²) < 4.78 is 20.6. The molecule has 3 atom stereocenters. The molecule has 3 unspecified atom stereocenters. The van der Waals surface area contributed by atoms with Gasteiger partial charge in [0.1, 0.15) is 11.4 Å². The monoisotopic (exact) mass is 351 g/mol. The van der Waals surface area contributed by atoms with Crippen molar-refractivity contribution in [3.63, 3.8) is 0 Å². The van der Waals surface area contributed by atoms with Crippen LogP contribution < -0.4 is 0 Å². The zero-order valence-corrected chi connectivity index (χ0v) is 14.2. The predicted molar refractivity (Wildman–Crippen MR) is 90.5 cm³/mol. The average Bonchev–Trinajstić information content (AvgIpc) is 2.58. The molecule has 0 N–H and O–H groups in total. The smallest absolute Gasteiger partial charge is 0.328 e. The number of benzene rings is 1. The van der Waals surface area contributed by atoms with Crippen molar-refractivity contribution in [3.05, 3.63) is 60.2 Å². The number of carbonyl (C=O) groups is 2. The van der Waals surface area contributed by atoms with Gasteiger partial charge in [0.05, 0.1) is 6.61 Å². The number of amides is 1. The van der Waals surface area contributed by atoms with Gasteiger partial charge in [0.15, 0.2) is 0 Å². The number of allylic oxidation sites excluding steroid dienone is 2. The van der Waals surface area contributed by atoms with E-state index in [-0.39, 0.29) is 12.2 Å². The average molecular weight is 352 g/mol. The van der Waals surface area contributed by atoms with Gasteiger partial charge in [0.2, 0.25) is 5.79 Å². The fraction of sp³-hybridized carbons (Fsp3) is 0.333. The Morgan fingerprint density at radius 3 is 2.58 bits per heavy atom. The highest BCUT2D eigenvalue weighted by atomic mass is 35.5. The second-order valence-corrected chi connectivity index (χ2v) is 5.81. The SMILES string of the molecule is CCOC(=O)C(C)N(C(=O)c1ccccc1)C1(F)C=CC=CC1Cl. The van der Waals surface area contributed by atoms with Gasteiger partial charge in [-0.15, -0.1) is 11.6 Å². The van der Waals surface area contributed by atoms with Gasteiger partial charge in [-0.25, -0.2) is 9.18 Å². The van der Waals surface area contributed by atoms with E-state index in [1.165, 1.54) is 25.2 Å². The van der Waals surface area contributed by atoms with Gasteiger partial charge in [-0.2, -0.15) is 0 Å². The van der Waals surface area contributed by atoms with Crippen LogP contribution >= 0.6 is 11.6 Å². The van der Waals surface area contributed by atoms with Gasteiger partial charge in [0, 0.05) is 5.56 Å². The number of hydrogen-bond donors (Lipinski definition) is 0. The third-order valence-corrected chi connectivity index (χ3v) is 4.18. The van der Waals surface area contributed by atoms with Crippen LogP contribution in [0.25, 0.3) is 0 Å². The van der Waals surface area contributed by atoms with E-state index >= 15 is 4.39 Å². The molecule has 0 saturated heterocycles. The van der Waals surface area contributed by atoms with Crippen molar-refractivity contribution in [1.29, 1.82) is 0 Å². The Kier molecular flexibility index (Phi) is 5.78. The minimum atomic E-state index is -2.34. The summed E-state index contributed by atoms with van der Waals surface area (Å²) in [6.45, 7) is 3.21. The molecule has 0 heterocycles. The maximum Gasteiger partial charge on any atom is 0.328 e. The number of nitrogens with zero attached hydrogens (tertiary/aromatic N) is 1. The number of rotatable bonds is 5. The highest BCUT2D eigenvalue weighted by Gasteiger charge is 2.48. The number of esters is 1. The molecule has 1 aromatic carbocycles. The van der Waals surface area contributed by atoms with Crippen molar-refractivity contribution in [2.45, 2.75) is 31.1 Å². The Hall–Kier alpha value is -2.14. The molecular formula is C18H19ClFNO3. The molecular weight excluding hydrogens is 333 g/mol. The number of halogens is 2. The number of alkyl halides is 2. The van der Waals surface area contributed by atoms with Crippen LogP contribution in [-0.2, 0) is 9.53 Å². The molecule has 1 amide bonds. The Balaban J connectivity index is 2.46. The van der Waals surface area contributed by atoms with Gasteiger partial charge in [-0.1, -0.05) is 36.4 Å². The minimum absolute atomic E-state index is 0.135. The maximum absolute atomic E-state index is 15.6. The Labute approximate surface area is 145 Å². The quantitative estimate of drug-likeness (QED) is 0.463.